The summed E-state index contributed by atoms with van der Waals surface area (Å²) in [6.45, 7) is 3.08. The molecule has 0 saturated heterocycles. The van der Waals surface area contributed by atoms with E-state index in [9.17, 15) is 18.0 Å². The molecule has 0 aliphatic rings. The largest absolute Gasteiger partial charge is 0.356 e. The summed E-state index contributed by atoms with van der Waals surface area (Å²) in [5, 5.41) is 0. The molecule has 0 saturated carbocycles. The number of nitrogens with one attached hydrogen (secondary N) is 2. The van der Waals surface area contributed by atoms with E-state index in [0.717, 1.165) is 5.56 Å². The van der Waals surface area contributed by atoms with Crippen LogP contribution in [0.15, 0.2) is 60.7 Å². The molecular formula is C21H20N2O4S. The van der Waals surface area contributed by atoms with Gasteiger partial charge in [0.25, 0.3) is 0 Å². The van der Waals surface area contributed by atoms with Crippen molar-refractivity contribution in [1.82, 2.24) is 4.98 Å². The van der Waals surface area contributed by atoms with E-state index in [1.807, 2.05) is 30.3 Å². The van der Waals surface area contributed by atoms with Gasteiger partial charge in [-0.2, -0.15) is 0 Å². The summed E-state index contributed by atoms with van der Waals surface area (Å²) in [6.07, 6.45) is 0. The van der Waals surface area contributed by atoms with E-state index in [1.54, 1.807) is 37.3 Å². The van der Waals surface area contributed by atoms with Gasteiger partial charge in [-0.3, -0.25) is 14.3 Å². The molecule has 0 spiro atoms. The van der Waals surface area contributed by atoms with E-state index >= 15 is 0 Å². The number of aryl methyl sites for hydroxylation is 1. The van der Waals surface area contributed by atoms with Crippen molar-refractivity contribution in [1.29, 1.82) is 0 Å². The van der Waals surface area contributed by atoms with Crippen molar-refractivity contribution in [3.63, 3.8) is 0 Å². The lowest BCUT2D eigenvalue weighted by Crippen LogP contribution is -2.23. The Bertz CT molecular complexity index is 1120. The lowest BCUT2D eigenvalue weighted by molar-refractivity contribution is 0.101. The minimum absolute atomic E-state index is 0.164. The summed E-state index contributed by atoms with van der Waals surface area (Å²) in [4.78, 5) is 27.6. The van der Waals surface area contributed by atoms with Gasteiger partial charge in [-0.05, 0) is 13.8 Å². The van der Waals surface area contributed by atoms with Crippen LogP contribution in [0.2, 0.25) is 0 Å². The van der Waals surface area contributed by atoms with Crippen molar-refractivity contribution < 1.29 is 18.0 Å². The first-order valence-electron chi connectivity index (χ1n) is 8.66. The Kier molecular flexibility index (Phi) is 5.46. The molecule has 0 bridgehead atoms. The van der Waals surface area contributed by atoms with Crippen LogP contribution in [0, 0.1) is 6.92 Å². The summed E-state index contributed by atoms with van der Waals surface area (Å²) in [6, 6.07) is 17.3. The Morgan fingerprint density at radius 3 is 2.11 bits per heavy atom. The number of aromatic nitrogens is 1. The number of rotatable bonds is 7. The van der Waals surface area contributed by atoms with Crippen LogP contribution in [0.1, 0.15) is 33.3 Å². The number of carbonyl (C=O) groups is 2. The highest BCUT2D eigenvalue weighted by Crippen LogP contribution is 2.34. The monoisotopic (exact) mass is 396 g/mol. The van der Waals surface area contributed by atoms with Crippen LogP contribution in [-0.4, -0.2) is 30.7 Å². The highest BCUT2D eigenvalue weighted by Gasteiger charge is 2.25. The molecule has 0 aliphatic carbocycles. The number of ketones is 2. The standard InChI is InChI=1S/C21H20N2O4S/c1-14-19(15(2)24)21(20(22-14)17-11-7-4-8-12-17)23-28(26,27)13-18(25)16-9-5-3-6-10-16/h3-12,22-23H,13H2,1-2H3. The molecular weight excluding hydrogens is 376 g/mol. The number of H-pyrrole nitrogens is 1. The van der Waals surface area contributed by atoms with Crippen LogP contribution in [0.4, 0.5) is 5.69 Å². The topological polar surface area (TPSA) is 96.1 Å². The van der Waals surface area contributed by atoms with Gasteiger partial charge in [-0.15, -0.1) is 0 Å². The number of sulfonamides is 1. The van der Waals surface area contributed by atoms with E-state index in [2.05, 4.69) is 9.71 Å². The second kappa shape index (κ2) is 7.82. The predicted octanol–water partition coefficient (Wildman–Crippen LogP) is 3.82. The number of hydrogen-bond donors (Lipinski definition) is 2. The molecule has 0 atom stereocenters. The summed E-state index contributed by atoms with van der Waals surface area (Å²) >= 11 is 0. The minimum Gasteiger partial charge on any atom is -0.356 e. The fraction of sp³-hybridized carbons (Fsp3) is 0.143. The van der Waals surface area contributed by atoms with Crippen molar-refractivity contribution in [3.8, 4) is 11.3 Å². The van der Waals surface area contributed by atoms with Crippen molar-refractivity contribution >= 4 is 27.3 Å². The zero-order valence-electron chi connectivity index (χ0n) is 15.5. The number of benzene rings is 2. The maximum absolute atomic E-state index is 12.7. The van der Waals surface area contributed by atoms with E-state index in [1.165, 1.54) is 6.92 Å². The van der Waals surface area contributed by atoms with Crippen molar-refractivity contribution in [2.75, 3.05) is 10.5 Å². The zero-order valence-corrected chi connectivity index (χ0v) is 16.3. The van der Waals surface area contributed by atoms with Gasteiger partial charge in [-0.1, -0.05) is 60.7 Å². The fourth-order valence-corrected chi connectivity index (χ4v) is 4.16. The third kappa shape index (κ3) is 4.20. The molecule has 2 aromatic carbocycles. The van der Waals surface area contributed by atoms with Crippen LogP contribution < -0.4 is 4.72 Å². The highest BCUT2D eigenvalue weighted by molar-refractivity contribution is 7.93. The molecule has 2 N–H and O–H groups in total. The first-order chi connectivity index (χ1) is 13.3. The average Bonchev–Trinajstić information content (AvgIpc) is 2.98. The smallest absolute Gasteiger partial charge is 0.240 e. The highest BCUT2D eigenvalue weighted by atomic mass is 32.2. The van der Waals surface area contributed by atoms with Gasteiger partial charge in [0.2, 0.25) is 10.0 Å². The molecule has 1 heterocycles. The van der Waals surface area contributed by atoms with Crippen molar-refractivity contribution in [2.45, 2.75) is 13.8 Å². The van der Waals surface area contributed by atoms with Gasteiger partial charge >= 0.3 is 0 Å². The molecule has 0 unspecified atom stereocenters. The normalized spacial score (nSPS) is 11.2. The average molecular weight is 396 g/mol. The molecule has 0 aliphatic heterocycles. The number of anilines is 1. The van der Waals surface area contributed by atoms with Crippen LogP contribution in [0.3, 0.4) is 0 Å². The Hall–Kier alpha value is -3.19. The summed E-state index contributed by atoms with van der Waals surface area (Å²) in [5.74, 6) is -1.51. The Labute approximate surface area is 163 Å². The van der Waals surface area contributed by atoms with Gasteiger partial charge < -0.3 is 4.98 Å². The summed E-state index contributed by atoms with van der Waals surface area (Å²) in [7, 11) is -4.03. The van der Waals surface area contributed by atoms with Gasteiger partial charge in [0.15, 0.2) is 11.6 Å². The number of Topliss-reactive ketones (excluding diaryl/α,β-unsaturated/α-hetero) is 2. The lowest BCUT2D eigenvalue weighted by Gasteiger charge is -2.11. The molecule has 6 nitrogen and oxygen atoms in total. The Morgan fingerprint density at radius 2 is 1.54 bits per heavy atom. The van der Waals surface area contributed by atoms with Gasteiger partial charge in [0.05, 0.1) is 16.9 Å². The van der Waals surface area contributed by atoms with E-state index in [4.69, 9.17) is 0 Å². The second-order valence-electron chi connectivity index (χ2n) is 6.45. The van der Waals surface area contributed by atoms with Gasteiger partial charge in [0.1, 0.15) is 5.75 Å². The second-order valence-corrected chi connectivity index (χ2v) is 8.17. The molecule has 1 aromatic heterocycles. The Balaban J connectivity index is 1.98. The van der Waals surface area contributed by atoms with Gasteiger partial charge in [0, 0.05) is 16.8 Å². The molecule has 7 heteroatoms. The minimum atomic E-state index is -4.03. The summed E-state index contributed by atoms with van der Waals surface area (Å²) in [5.41, 5.74) is 2.50. The third-order valence-corrected chi connectivity index (χ3v) is 5.43. The third-order valence-electron chi connectivity index (χ3n) is 4.28. The number of hydrogen-bond acceptors (Lipinski definition) is 4. The number of carbonyl (C=O) groups excluding carboxylic acids is 2. The molecule has 144 valence electrons. The molecule has 0 radical (unpaired) electrons. The Morgan fingerprint density at radius 1 is 0.964 bits per heavy atom. The van der Waals surface area contributed by atoms with Crippen molar-refractivity contribution in [3.05, 3.63) is 77.5 Å². The molecule has 28 heavy (non-hydrogen) atoms. The maximum Gasteiger partial charge on any atom is 0.240 e. The van der Waals surface area contributed by atoms with Crippen LogP contribution in [0.25, 0.3) is 11.3 Å². The van der Waals surface area contributed by atoms with Crippen LogP contribution >= 0.6 is 0 Å². The predicted molar refractivity (Wildman–Crippen MR) is 109 cm³/mol. The maximum atomic E-state index is 12.7. The zero-order chi connectivity index (χ0) is 20.3. The molecule has 3 aromatic rings. The van der Waals surface area contributed by atoms with E-state index < -0.39 is 21.6 Å². The first-order valence-corrected chi connectivity index (χ1v) is 10.3. The molecule has 0 amide bonds. The van der Waals surface area contributed by atoms with Crippen LogP contribution in [-0.2, 0) is 10.0 Å². The quantitative estimate of drug-likeness (QED) is 0.594. The van der Waals surface area contributed by atoms with Gasteiger partial charge in [-0.25, -0.2) is 8.42 Å². The van der Waals surface area contributed by atoms with E-state index in [-0.39, 0.29) is 17.0 Å². The lowest BCUT2D eigenvalue weighted by atomic mass is 10.1. The SMILES string of the molecule is CC(=O)c1c(C)[nH]c(-c2ccccc2)c1NS(=O)(=O)CC(=O)c1ccccc1. The molecule has 0 fully saturated rings. The first kappa shape index (κ1) is 19.6. The van der Waals surface area contributed by atoms with Crippen molar-refractivity contribution in [2.24, 2.45) is 0 Å². The van der Waals surface area contributed by atoms with Crippen LogP contribution in [0.5, 0.6) is 0 Å². The number of aromatic amines is 1. The fourth-order valence-electron chi connectivity index (χ4n) is 3.06. The van der Waals surface area contributed by atoms with E-state index in [0.29, 0.717) is 17.0 Å². The summed E-state index contributed by atoms with van der Waals surface area (Å²) < 4.78 is 27.8. The molecule has 3 rings (SSSR count).